The van der Waals surface area contributed by atoms with Crippen molar-refractivity contribution < 1.29 is 5.11 Å². The fourth-order valence-electron chi connectivity index (χ4n) is 2.89. The molecule has 3 rings (SSSR count). The lowest BCUT2D eigenvalue weighted by molar-refractivity contribution is 0.231. The average molecular weight is 371 g/mol. The highest BCUT2D eigenvalue weighted by Gasteiger charge is 2.18. The summed E-state index contributed by atoms with van der Waals surface area (Å²) >= 11 is 0. The van der Waals surface area contributed by atoms with Crippen molar-refractivity contribution in [3.8, 4) is 17.0 Å². The number of para-hydroxylation sites is 1. The molecule has 0 unspecified atom stereocenters. The second kappa shape index (κ2) is 9.75. The predicted molar refractivity (Wildman–Crippen MR) is 109 cm³/mol. The molecule has 146 valence electrons. The van der Waals surface area contributed by atoms with E-state index in [2.05, 4.69) is 15.5 Å². The minimum absolute atomic E-state index is 0.116. The SMILES string of the molecule is CC.N/C(=C\N(N)C1CCNCC1)c1cc(-c2ccccc2O)nnc1N. The Morgan fingerprint density at radius 2 is 1.89 bits per heavy atom. The number of anilines is 1. The number of rotatable bonds is 4. The van der Waals surface area contributed by atoms with Crippen molar-refractivity contribution >= 4 is 11.5 Å². The van der Waals surface area contributed by atoms with E-state index >= 15 is 0 Å². The molecule has 1 saturated heterocycles. The van der Waals surface area contributed by atoms with Gasteiger partial charge in [0, 0.05) is 23.4 Å². The van der Waals surface area contributed by atoms with E-state index in [1.54, 1.807) is 35.5 Å². The molecule has 8 heteroatoms. The van der Waals surface area contributed by atoms with Crippen molar-refractivity contribution in [1.29, 1.82) is 0 Å². The Hall–Kier alpha value is -2.84. The number of nitrogens with one attached hydrogen (secondary N) is 1. The number of nitrogens with two attached hydrogens (primary N) is 3. The molecule has 0 amide bonds. The summed E-state index contributed by atoms with van der Waals surface area (Å²) in [6.45, 7) is 5.87. The number of aromatic hydroxyl groups is 1. The van der Waals surface area contributed by atoms with Crippen LogP contribution in [-0.4, -0.2) is 39.4 Å². The largest absolute Gasteiger partial charge is 0.507 e. The van der Waals surface area contributed by atoms with Crippen LogP contribution in [0.1, 0.15) is 32.3 Å². The van der Waals surface area contributed by atoms with Crippen molar-refractivity contribution in [2.75, 3.05) is 18.8 Å². The van der Waals surface area contributed by atoms with Gasteiger partial charge in [-0.15, -0.1) is 10.2 Å². The van der Waals surface area contributed by atoms with Crippen LogP contribution in [0.5, 0.6) is 5.75 Å². The van der Waals surface area contributed by atoms with Crippen LogP contribution in [0, 0.1) is 0 Å². The smallest absolute Gasteiger partial charge is 0.155 e. The third-order valence-electron chi connectivity index (χ3n) is 4.33. The molecule has 1 aromatic carbocycles. The van der Waals surface area contributed by atoms with Gasteiger partial charge in [0.05, 0.1) is 11.4 Å². The lowest BCUT2D eigenvalue weighted by Crippen LogP contribution is -2.44. The molecule has 0 atom stereocenters. The molecule has 8 nitrogen and oxygen atoms in total. The van der Waals surface area contributed by atoms with Crippen LogP contribution in [-0.2, 0) is 0 Å². The van der Waals surface area contributed by atoms with Crippen molar-refractivity contribution in [3.63, 3.8) is 0 Å². The molecule has 1 aliphatic heterocycles. The van der Waals surface area contributed by atoms with Gasteiger partial charge in [-0.1, -0.05) is 26.0 Å². The van der Waals surface area contributed by atoms with Gasteiger partial charge in [-0.25, -0.2) is 5.84 Å². The molecule has 1 aromatic heterocycles. The van der Waals surface area contributed by atoms with Crippen molar-refractivity contribution in [2.24, 2.45) is 11.6 Å². The quantitative estimate of drug-likeness (QED) is 0.404. The second-order valence-corrected chi connectivity index (χ2v) is 6.06. The first kappa shape index (κ1) is 20.5. The number of phenols is 1. The first-order chi connectivity index (χ1) is 13.1. The molecule has 0 aliphatic carbocycles. The standard InChI is InChI=1S/C17H23N7O.C2H6/c18-14(10-24(20)11-5-7-21-8-6-11)13-9-15(22-23-17(13)19)12-3-1-2-4-16(12)25;1-2/h1-4,9-11,21,25H,5-8,18,20H2,(H2,19,23);1-2H3/b14-10-;. The van der Waals surface area contributed by atoms with E-state index in [0.717, 1.165) is 25.9 Å². The molecule has 0 spiro atoms. The number of hydrazine groups is 1. The van der Waals surface area contributed by atoms with E-state index in [0.29, 0.717) is 22.5 Å². The maximum absolute atomic E-state index is 10.00. The van der Waals surface area contributed by atoms with Crippen molar-refractivity contribution in [1.82, 2.24) is 20.5 Å². The lowest BCUT2D eigenvalue weighted by atomic mass is 10.1. The Balaban J connectivity index is 0.00000126. The third-order valence-corrected chi connectivity index (χ3v) is 4.33. The first-order valence-corrected chi connectivity index (χ1v) is 9.19. The number of aromatic nitrogens is 2. The molecule has 27 heavy (non-hydrogen) atoms. The van der Waals surface area contributed by atoms with E-state index in [4.69, 9.17) is 17.3 Å². The first-order valence-electron chi connectivity index (χ1n) is 9.19. The summed E-state index contributed by atoms with van der Waals surface area (Å²) < 4.78 is 0. The number of nitrogens with zero attached hydrogens (tertiary/aromatic N) is 3. The topological polar surface area (TPSA) is 139 Å². The van der Waals surface area contributed by atoms with Crippen LogP contribution in [0.15, 0.2) is 36.5 Å². The number of nitrogen functional groups attached to an aromatic ring is 1. The maximum Gasteiger partial charge on any atom is 0.155 e. The van der Waals surface area contributed by atoms with E-state index < -0.39 is 0 Å². The minimum Gasteiger partial charge on any atom is -0.507 e. The minimum atomic E-state index is 0.116. The third kappa shape index (κ3) is 5.08. The molecular weight excluding hydrogens is 342 g/mol. The van der Waals surface area contributed by atoms with E-state index in [9.17, 15) is 5.11 Å². The van der Waals surface area contributed by atoms with Gasteiger partial charge >= 0.3 is 0 Å². The Bertz CT molecular complexity index is 772. The molecule has 2 heterocycles. The van der Waals surface area contributed by atoms with Crippen LogP contribution >= 0.6 is 0 Å². The van der Waals surface area contributed by atoms with Gasteiger partial charge in [-0.2, -0.15) is 0 Å². The summed E-state index contributed by atoms with van der Waals surface area (Å²) in [4.78, 5) is 0. The van der Waals surface area contributed by atoms with Crippen molar-refractivity contribution in [3.05, 3.63) is 42.1 Å². The van der Waals surface area contributed by atoms with E-state index in [1.807, 2.05) is 19.9 Å². The Morgan fingerprint density at radius 3 is 2.56 bits per heavy atom. The van der Waals surface area contributed by atoms with Gasteiger partial charge in [-0.05, 0) is 44.1 Å². The van der Waals surface area contributed by atoms with Gasteiger partial charge in [0.25, 0.3) is 0 Å². The highest BCUT2D eigenvalue weighted by molar-refractivity contribution is 5.76. The monoisotopic (exact) mass is 371 g/mol. The molecule has 0 saturated carbocycles. The van der Waals surface area contributed by atoms with Gasteiger partial charge in [-0.3, -0.25) is 0 Å². The summed E-state index contributed by atoms with van der Waals surface area (Å²) in [5, 5.41) is 22.9. The molecule has 1 fully saturated rings. The fraction of sp³-hybridized carbons (Fsp3) is 0.368. The number of phenolic OH excluding ortho intramolecular Hbond substituents is 1. The van der Waals surface area contributed by atoms with Gasteiger partial charge in [0.1, 0.15) is 5.75 Å². The number of hydrogen-bond donors (Lipinski definition) is 5. The lowest BCUT2D eigenvalue weighted by Gasteiger charge is -2.30. The average Bonchev–Trinajstić information content (AvgIpc) is 2.71. The molecule has 0 radical (unpaired) electrons. The zero-order chi connectivity index (χ0) is 19.8. The van der Waals surface area contributed by atoms with E-state index in [1.165, 1.54) is 0 Å². The molecule has 8 N–H and O–H groups in total. The second-order valence-electron chi connectivity index (χ2n) is 6.06. The Morgan fingerprint density at radius 1 is 1.22 bits per heavy atom. The molecular formula is C19H29N7O. The Kier molecular flexibility index (Phi) is 7.39. The van der Waals surface area contributed by atoms with E-state index in [-0.39, 0.29) is 17.6 Å². The molecule has 1 aliphatic rings. The maximum atomic E-state index is 10.00. The summed E-state index contributed by atoms with van der Waals surface area (Å²) in [6.07, 6.45) is 3.58. The van der Waals surface area contributed by atoms with Crippen LogP contribution in [0.3, 0.4) is 0 Å². The highest BCUT2D eigenvalue weighted by Crippen LogP contribution is 2.29. The van der Waals surface area contributed by atoms with Gasteiger partial charge in [0.15, 0.2) is 5.82 Å². The van der Waals surface area contributed by atoms with Gasteiger partial charge in [0.2, 0.25) is 0 Å². The summed E-state index contributed by atoms with van der Waals surface area (Å²) in [7, 11) is 0. The summed E-state index contributed by atoms with van der Waals surface area (Å²) in [6, 6.07) is 8.83. The fourth-order valence-corrected chi connectivity index (χ4v) is 2.89. The molecule has 0 bridgehead atoms. The van der Waals surface area contributed by atoms with Crippen LogP contribution in [0.25, 0.3) is 17.0 Å². The van der Waals surface area contributed by atoms with Crippen LogP contribution in [0.4, 0.5) is 5.82 Å². The van der Waals surface area contributed by atoms with Gasteiger partial charge < -0.3 is 26.9 Å². The number of piperidine rings is 1. The number of benzene rings is 1. The zero-order valence-electron chi connectivity index (χ0n) is 15.9. The number of hydrogen-bond acceptors (Lipinski definition) is 8. The Labute approximate surface area is 160 Å². The summed E-state index contributed by atoms with van der Waals surface area (Å²) in [5.74, 6) is 6.47. The normalized spacial score (nSPS) is 15.0. The highest BCUT2D eigenvalue weighted by atomic mass is 16.3. The zero-order valence-corrected chi connectivity index (χ0v) is 15.9. The van der Waals surface area contributed by atoms with Crippen LogP contribution in [0.2, 0.25) is 0 Å². The molecule has 2 aromatic rings. The van der Waals surface area contributed by atoms with Crippen LogP contribution < -0.4 is 22.6 Å². The predicted octanol–water partition coefficient (Wildman–Crippen LogP) is 1.64. The van der Waals surface area contributed by atoms with Crippen molar-refractivity contribution in [2.45, 2.75) is 32.7 Å². The summed E-state index contributed by atoms with van der Waals surface area (Å²) in [5.41, 5.74) is 14.1.